The zero-order valence-corrected chi connectivity index (χ0v) is 15.9. The van der Waals surface area contributed by atoms with Crippen LogP contribution < -0.4 is 24.4 Å². The van der Waals surface area contributed by atoms with Crippen LogP contribution in [0.15, 0.2) is 42.5 Å². The van der Waals surface area contributed by atoms with E-state index >= 15 is 0 Å². The van der Waals surface area contributed by atoms with Crippen molar-refractivity contribution in [2.45, 2.75) is 32.0 Å². The highest BCUT2D eigenvalue weighted by atomic mass is 32.1. The summed E-state index contributed by atoms with van der Waals surface area (Å²) in [5, 5.41) is 4.11. The Morgan fingerprint density at radius 1 is 1.23 bits per heavy atom. The summed E-state index contributed by atoms with van der Waals surface area (Å²) in [5.41, 5.74) is 1.50. The maximum absolute atomic E-state index is 6.42. The molecule has 2 aliphatic heterocycles. The minimum Gasteiger partial charge on any atom is -0.497 e. The van der Waals surface area contributed by atoms with Crippen LogP contribution in [0.5, 0.6) is 17.2 Å². The number of nitrogens with one attached hydrogen (secondary N) is 1. The second-order valence-corrected chi connectivity index (χ2v) is 7.04. The summed E-state index contributed by atoms with van der Waals surface area (Å²) in [6, 6.07) is 13.9. The lowest BCUT2D eigenvalue weighted by molar-refractivity contribution is 0.0496. The maximum atomic E-state index is 6.42. The molecule has 1 N–H and O–H groups in total. The quantitative estimate of drug-likeness (QED) is 0.820. The van der Waals surface area contributed by atoms with Crippen molar-refractivity contribution in [1.82, 2.24) is 5.32 Å². The molecule has 0 saturated carbocycles. The fourth-order valence-electron chi connectivity index (χ4n) is 3.73. The number of hydrogen-bond donors (Lipinski definition) is 1. The number of hydrogen-bond acceptors (Lipinski definition) is 4. The average molecular weight is 370 g/mol. The normalized spacial score (nSPS) is 23.6. The maximum Gasteiger partial charge on any atom is 0.188 e. The van der Waals surface area contributed by atoms with Gasteiger partial charge in [0.05, 0.1) is 19.8 Å². The monoisotopic (exact) mass is 370 g/mol. The first-order valence-corrected chi connectivity index (χ1v) is 9.15. The Labute approximate surface area is 158 Å². The molecule has 2 aliphatic rings. The smallest absolute Gasteiger partial charge is 0.188 e. The van der Waals surface area contributed by atoms with Crippen LogP contribution in [0.1, 0.15) is 31.9 Å². The topological polar surface area (TPSA) is 43.0 Å². The molecule has 2 aromatic rings. The third-order valence-corrected chi connectivity index (χ3v) is 5.19. The molecule has 2 atom stereocenters. The van der Waals surface area contributed by atoms with E-state index in [0.29, 0.717) is 11.7 Å². The van der Waals surface area contributed by atoms with Crippen LogP contribution in [0.2, 0.25) is 0 Å². The van der Waals surface area contributed by atoms with Gasteiger partial charge < -0.3 is 19.5 Å². The highest BCUT2D eigenvalue weighted by molar-refractivity contribution is 7.80. The van der Waals surface area contributed by atoms with E-state index in [1.54, 1.807) is 7.11 Å². The van der Waals surface area contributed by atoms with Crippen molar-refractivity contribution in [3.05, 3.63) is 48.0 Å². The Balaban J connectivity index is 1.70. The van der Waals surface area contributed by atoms with Crippen molar-refractivity contribution in [3.63, 3.8) is 0 Å². The summed E-state index contributed by atoms with van der Waals surface area (Å²) < 4.78 is 17.3. The second kappa shape index (κ2) is 6.36. The molecule has 0 aromatic heterocycles. The van der Waals surface area contributed by atoms with Crippen molar-refractivity contribution < 1.29 is 14.2 Å². The largest absolute Gasteiger partial charge is 0.497 e. The molecule has 0 unspecified atom stereocenters. The molecule has 2 aromatic carbocycles. The molecule has 0 spiro atoms. The lowest BCUT2D eigenvalue weighted by Gasteiger charge is -2.52. The first kappa shape index (κ1) is 17.0. The summed E-state index contributed by atoms with van der Waals surface area (Å²) in [4.78, 5) is 2.04. The molecule has 0 radical (unpaired) electrons. The standard InChI is InChI=1S/C20H22N2O3S/c1-4-24-14-7-5-13(6-8-14)22-19(26)21-17-12-20(22,2)25-18-10-9-15(23-3)11-16(17)18/h5-11,17H,4,12H2,1-3H3,(H,21,26)/t17-,20+/m1/s1. The number of rotatable bonds is 4. The van der Waals surface area contributed by atoms with Crippen LogP contribution in [0.3, 0.4) is 0 Å². The molecular formula is C20H22N2O3S. The average Bonchev–Trinajstić information content (AvgIpc) is 2.62. The molecule has 26 heavy (non-hydrogen) atoms. The van der Waals surface area contributed by atoms with E-state index in [0.717, 1.165) is 34.9 Å². The summed E-state index contributed by atoms with van der Waals surface area (Å²) in [5.74, 6) is 2.52. The SMILES string of the molecule is CCOc1ccc(N2C(=S)N[C@@H]3C[C@]2(C)Oc2ccc(OC)cc23)cc1. The lowest BCUT2D eigenvalue weighted by atomic mass is 9.90. The third kappa shape index (κ3) is 2.74. The van der Waals surface area contributed by atoms with E-state index in [1.165, 1.54) is 0 Å². The molecule has 136 valence electrons. The highest BCUT2D eigenvalue weighted by Crippen LogP contribution is 2.46. The highest BCUT2D eigenvalue weighted by Gasteiger charge is 2.48. The zero-order valence-electron chi connectivity index (χ0n) is 15.1. The fourth-order valence-corrected chi connectivity index (χ4v) is 4.17. The lowest BCUT2D eigenvalue weighted by Crippen LogP contribution is -2.65. The van der Waals surface area contributed by atoms with Crippen molar-refractivity contribution in [1.29, 1.82) is 0 Å². The summed E-state index contributed by atoms with van der Waals surface area (Å²) in [6.45, 7) is 4.70. The predicted molar refractivity (Wildman–Crippen MR) is 105 cm³/mol. The van der Waals surface area contributed by atoms with Crippen LogP contribution in [0.25, 0.3) is 0 Å². The molecular weight excluding hydrogens is 348 g/mol. The number of ether oxygens (including phenoxy) is 3. The third-order valence-electron chi connectivity index (χ3n) is 4.88. The van der Waals surface area contributed by atoms with Gasteiger partial charge in [0, 0.05) is 17.7 Å². The van der Waals surface area contributed by atoms with Crippen LogP contribution >= 0.6 is 12.2 Å². The summed E-state index contributed by atoms with van der Waals surface area (Å²) in [7, 11) is 1.67. The Morgan fingerprint density at radius 3 is 2.65 bits per heavy atom. The summed E-state index contributed by atoms with van der Waals surface area (Å²) >= 11 is 5.68. The van der Waals surface area contributed by atoms with Gasteiger partial charge in [-0.2, -0.15) is 0 Å². The van der Waals surface area contributed by atoms with E-state index in [2.05, 4.69) is 12.2 Å². The Morgan fingerprint density at radius 2 is 1.96 bits per heavy atom. The Bertz CT molecular complexity index is 839. The van der Waals surface area contributed by atoms with Crippen LogP contribution in [0, 0.1) is 0 Å². The van der Waals surface area contributed by atoms with Gasteiger partial charge in [-0.15, -0.1) is 0 Å². The molecule has 0 aliphatic carbocycles. The number of benzene rings is 2. The van der Waals surface area contributed by atoms with E-state index in [-0.39, 0.29) is 6.04 Å². The number of nitrogens with zero attached hydrogens (tertiary/aromatic N) is 1. The first-order valence-electron chi connectivity index (χ1n) is 8.74. The zero-order chi connectivity index (χ0) is 18.3. The van der Waals surface area contributed by atoms with Crippen LogP contribution in [0.4, 0.5) is 5.69 Å². The molecule has 1 fully saturated rings. The van der Waals surface area contributed by atoms with Crippen molar-refractivity contribution in [2.75, 3.05) is 18.6 Å². The van der Waals surface area contributed by atoms with Gasteiger partial charge >= 0.3 is 0 Å². The van der Waals surface area contributed by atoms with Crippen LogP contribution in [-0.4, -0.2) is 24.6 Å². The van der Waals surface area contributed by atoms with Crippen molar-refractivity contribution in [2.24, 2.45) is 0 Å². The molecule has 1 saturated heterocycles. The minimum atomic E-state index is -0.554. The van der Waals surface area contributed by atoms with Crippen LogP contribution in [-0.2, 0) is 0 Å². The van der Waals surface area contributed by atoms with E-state index in [1.807, 2.05) is 54.3 Å². The van der Waals surface area contributed by atoms with E-state index in [4.69, 9.17) is 26.4 Å². The fraction of sp³-hybridized carbons (Fsp3) is 0.350. The Hall–Kier alpha value is -2.47. The molecule has 2 heterocycles. The number of anilines is 1. The van der Waals surface area contributed by atoms with Gasteiger partial charge in [0.2, 0.25) is 0 Å². The van der Waals surface area contributed by atoms with Gasteiger partial charge in [-0.3, -0.25) is 4.90 Å². The molecule has 0 amide bonds. The summed E-state index contributed by atoms with van der Waals surface area (Å²) in [6.07, 6.45) is 0.778. The second-order valence-electron chi connectivity index (χ2n) is 6.65. The predicted octanol–water partition coefficient (Wildman–Crippen LogP) is 4.03. The number of fused-ring (bicyclic) bond motifs is 4. The van der Waals surface area contributed by atoms with E-state index in [9.17, 15) is 0 Å². The van der Waals surface area contributed by atoms with Crippen molar-refractivity contribution in [3.8, 4) is 17.2 Å². The molecule has 2 bridgehead atoms. The van der Waals surface area contributed by atoms with Gasteiger partial charge in [-0.1, -0.05) is 0 Å². The van der Waals surface area contributed by atoms with Gasteiger partial charge in [-0.25, -0.2) is 0 Å². The van der Waals surface area contributed by atoms with Crippen molar-refractivity contribution >= 4 is 23.0 Å². The molecule has 6 heteroatoms. The van der Waals surface area contributed by atoms with Gasteiger partial charge in [0.25, 0.3) is 0 Å². The minimum absolute atomic E-state index is 0.102. The molecule has 4 rings (SSSR count). The van der Waals surface area contributed by atoms with Gasteiger partial charge in [0.1, 0.15) is 17.2 Å². The van der Waals surface area contributed by atoms with E-state index < -0.39 is 5.72 Å². The number of methoxy groups -OCH3 is 1. The van der Waals surface area contributed by atoms with Gasteiger partial charge in [0.15, 0.2) is 10.8 Å². The Kier molecular flexibility index (Phi) is 4.15. The first-order chi connectivity index (χ1) is 12.5. The van der Waals surface area contributed by atoms with Gasteiger partial charge in [-0.05, 0) is 68.5 Å². The number of thiocarbonyl (C=S) groups is 1. The molecule has 5 nitrogen and oxygen atoms in total.